The molecule has 26 heavy (non-hydrogen) atoms. The van der Waals surface area contributed by atoms with E-state index >= 15 is 0 Å². The molecule has 1 aliphatic rings. The Bertz CT molecular complexity index is 934. The molecule has 4 rings (SSSR count). The molecule has 3 aromatic rings. The fraction of sp³-hybridized carbons (Fsp3) is 0.286. The van der Waals surface area contributed by atoms with Crippen LogP contribution in [-0.4, -0.2) is 29.0 Å². The van der Waals surface area contributed by atoms with Crippen molar-refractivity contribution in [1.82, 2.24) is 9.88 Å². The number of pyridine rings is 1. The van der Waals surface area contributed by atoms with E-state index in [9.17, 15) is 0 Å². The standard InChI is InChI=1S/C21H21Cl2N3/c22-20-4-3-15(10-21(20)23)19-12-25-11-16-2-1-14(9-18(16)19)13-26-7-5-17(24)6-8-26/h1-4,9-12,17H,5-8,13,24H2. The highest BCUT2D eigenvalue weighted by Crippen LogP contribution is 2.33. The van der Waals surface area contributed by atoms with Gasteiger partial charge in [0.05, 0.1) is 10.0 Å². The van der Waals surface area contributed by atoms with Crippen LogP contribution in [0, 0.1) is 0 Å². The van der Waals surface area contributed by atoms with Crippen molar-refractivity contribution in [2.24, 2.45) is 5.73 Å². The lowest BCUT2D eigenvalue weighted by atomic mass is 9.98. The molecule has 0 amide bonds. The number of likely N-dealkylation sites (tertiary alicyclic amines) is 1. The average Bonchev–Trinajstić information content (AvgIpc) is 2.65. The summed E-state index contributed by atoms with van der Waals surface area (Å²) in [5.74, 6) is 0. The molecule has 1 saturated heterocycles. The molecule has 2 N–H and O–H groups in total. The lowest BCUT2D eigenvalue weighted by molar-refractivity contribution is 0.206. The van der Waals surface area contributed by atoms with E-state index in [0.717, 1.165) is 49.0 Å². The minimum Gasteiger partial charge on any atom is -0.328 e. The first-order valence-electron chi connectivity index (χ1n) is 8.90. The number of hydrogen-bond acceptors (Lipinski definition) is 3. The molecule has 2 heterocycles. The summed E-state index contributed by atoms with van der Waals surface area (Å²) in [6, 6.07) is 12.7. The van der Waals surface area contributed by atoms with Gasteiger partial charge >= 0.3 is 0 Å². The molecule has 0 aliphatic carbocycles. The first-order chi connectivity index (χ1) is 12.6. The molecule has 0 spiro atoms. The van der Waals surface area contributed by atoms with E-state index < -0.39 is 0 Å². The number of fused-ring (bicyclic) bond motifs is 1. The summed E-state index contributed by atoms with van der Waals surface area (Å²) in [5, 5.41) is 3.43. The van der Waals surface area contributed by atoms with Gasteiger partial charge in [-0.15, -0.1) is 0 Å². The monoisotopic (exact) mass is 385 g/mol. The Morgan fingerprint density at radius 2 is 1.81 bits per heavy atom. The van der Waals surface area contributed by atoms with E-state index in [4.69, 9.17) is 28.9 Å². The van der Waals surface area contributed by atoms with E-state index in [0.29, 0.717) is 16.1 Å². The summed E-state index contributed by atoms with van der Waals surface area (Å²) < 4.78 is 0. The van der Waals surface area contributed by atoms with Crippen molar-refractivity contribution in [3.05, 3.63) is 64.4 Å². The predicted octanol–water partition coefficient (Wildman–Crippen LogP) is 5.13. The first kappa shape index (κ1) is 17.7. The summed E-state index contributed by atoms with van der Waals surface area (Å²) in [4.78, 5) is 6.87. The number of nitrogens with two attached hydrogens (primary N) is 1. The highest BCUT2D eigenvalue weighted by Gasteiger charge is 2.16. The first-order valence-corrected chi connectivity index (χ1v) is 9.66. The molecule has 3 nitrogen and oxygen atoms in total. The maximum atomic E-state index is 6.22. The number of piperidine rings is 1. The van der Waals surface area contributed by atoms with Gasteiger partial charge in [0.2, 0.25) is 0 Å². The van der Waals surface area contributed by atoms with Gasteiger partial charge in [-0.3, -0.25) is 9.88 Å². The third kappa shape index (κ3) is 3.72. The minimum atomic E-state index is 0.357. The predicted molar refractivity (Wildman–Crippen MR) is 110 cm³/mol. The van der Waals surface area contributed by atoms with Gasteiger partial charge < -0.3 is 5.73 Å². The average molecular weight is 386 g/mol. The molecule has 0 radical (unpaired) electrons. The molecule has 0 unspecified atom stereocenters. The zero-order valence-electron chi connectivity index (χ0n) is 14.5. The highest BCUT2D eigenvalue weighted by molar-refractivity contribution is 6.42. The van der Waals surface area contributed by atoms with Crippen LogP contribution >= 0.6 is 23.2 Å². The van der Waals surface area contributed by atoms with Crippen molar-refractivity contribution in [1.29, 1.82) is 0 Å². The number of hydrogen-bond donors (Lipinski definition) is 1. The van der Waals surface area contributed by atoms with Gasteiger partial charge in [-0.2, -0.15) is 0 Å². The van der Waals surface area contributed by atoms with Crippen molar-refractivity contribution >= 4 is 34.0 Å². The van der Waals surface area contributed by atoms with Crippen LogP contribution in [0.2, 0.25) is 10.0 Å². The number of nitrogens with zero attached hydrogens (tertiary/aromatic N) is 2. The van der Waals surface area contributed by atoms with Crippen LogP contribution in [-0.2, 0) is 6.54 Å². The Hall–Kier alpha value is -1.65. The second-order valence-corrected chi connectivity index (χ2v) is 7.80. The number of aromatic nitrogens is 1. The van der Waals surface area contributed by atoms with Gasteiger partial charge in [0.15, 0.2) is 0 Å². The van der Waals surface area contributed by atoms with Crippen LogP contribution in [0.4, 0.5) is 0 Å². The van der Waals surface area contributed by atoms with Crippen LogP contribution in [0.5, 0.6) is 0 Å². The van der Waals surface area contributed by atoms with Crippen LogP contribution in [0.1, 0.15) is 18.4 Å². The van der Waals surface area contributed by atoms with E-state index in [2.05, 4.69) is 28.1 Å². The zero-order chi connectivity index (χ0) is 18.1. The topological polar surface area (TPSA) is 42.1 Å². The Morgan fingerprint density at radius 1 is 1.00 bits per heavy atom. The molecular weight excluding hydrogens is 365 g/mol. The largest absolute Gasteiger partial charge is 0.328 e. The van der Waals surface area contributed by atoms with Crippen molar-refractivity contribution in [2.45, 2.75) is 25.4 Å². The Labute approximate surface area is 163 Å². The maximum absolute atomic E-state index is 6.22. The van der Waals surface area contributed by atoms with Gasteiger partial charge in [0.25, 0.3) is 0 Å². The number of benzene rings is 2. The summed E-state index contributed by atoms with van der Waals surface area (Å²) >= 11 is 12.3. The molecule has 0 saturated carbocycles. The zero-order valence-corrected chi connectivity index (χ0v) is 16.0. The molecule has 0 atom stereocenters. The maximum Gasteiger partial charge on any atom is 0.0598 e. The van der Waals surface area contributed by atoms with E-state index in [-0.39, 0.29) is 0 Å². The summed E-state index contributed by atoms with van der Waals surface area (Å²) in [5.41, 5.74) is 9.42. The number of rotatable bonds is 3. The fourth-order valence-electron chi connectivity index (χ4n) is 3.57. The molecule has 5 heteroatoms. The Balaban J connectivity index is 1.69. The lowest BCUT2D eigenvalue weighted by Crippen LogP contribution is -2.39. The molecule has 1 aliphatic heterocycles. The second kappa shape index (κ2) is 7.53. The second-order valence-electron chi connectivity index (χ2n) is 6.99. The van der Waals surface area contributed by atoms with Crippen molar-refractivity contribution in [3.63, 3.8) is 0 Å². The van der Waals surface area contributed by atoms with Gasteiger partial charge in [0.1, 0.15) is 0 Å². The van der Waals surface area contributed by atoms with E-state index in [1.807, 2.05) is 30.6 Å². The molecule has 1 aromatic heterocycles. The van der Waals surface area contributed by atoms with Gasteiger partial charge in [-0.25, -0.2) is 0 Å². The van der Waals surface area contributed by atoms with Crippen molar-refractivity contribution < 1.29 is 0 Å². The quantitative estimate of drug-likeness (QED) is 0.679. The fourth-order valence-corrected chi connectivity index (χ4v) is 3.87. The molecule has 2 aromatic carbocycles. The van der Waals surface area contributed by atoms with Gasteiger partial charge in [0, 0.05) is 35.9 Å². The van der Waals surface area contributed by atoms with Crippen LogP contribution in [0.25, 0.3) is 21.9 Å². The van der Waals surface area contributed by atoms with E-state index in [1.165, 1.54) is 10.9 Å². The minimum absolute atomic E-state index is 0.357. The van der Waals surface area contributed by atoms with Crippen LogP contribution in [0.3, 0.4) is 0 Å². The van der Waals surface area contributed by atoms with E-state index in [1.54, 1.807) is 0 Å². The SMILES string of the molecule is NC1CCN(Cc2ccc3cncc(-c4ccc(Cl)c(Cl)c4)c3c2)CC1. The summed E-state index contributed by atoms with van der Waals surface area (Å²) in [6.07, 6.45) is 5.95. The van der Waals surface area contributed by atoms with Gasteiger partial charge in [-0.05, 0) is 60.6 Å². The normalized spacial score (nSPS) is 16.3. The Morgan fingerprint density at radius 3 is 2.58 bits per heavy atom. The van der Waals surface area contributed by atoms with Crippen molar-refractivity contribution in [3.8, 4) is 11.1 Å². The van der Waals surface area contributed by atoms with Gasteiger partial charge in [-0.1, -0.05) is 41.4 Å². The summed E-state index contributed by atoms with van der Waals surface area (Å²) in [7, 11) is 0. The molecule has 0 bridgehead atoms. The molecular formula is C21H21Cl2N3. The lowest BCUT2D eigenvalue weighted by Gasteiger charge is -2.30. The smallest absolute Gasteiger partial charge is 0.0598 e. The molecule has 134 valence electrons. The Kier molecular flexibility index (Phi) is 5.14. The van der Waals surface area contributed by atoms with Crippen LogP contribution < -0.4 is 5.73 Å². The third-order valence-corrected chi connectivity index (χ3v) is 5.83. The molecule has 1 fully saturated rings. The third-order valence-electron chi connectivity index (χ3n) is 5.09. The van der Waals surface area contributed by atoms with Crippen LogP contribution in [0.15, 0.2) is 48.8 Å². The number of halogens is 2. The highest BCUT2D eigenvalue weighted by atomic mass is 35.5. The summed E-state index contributed by atoms with van der Waals surface area (Å²) in [6.45, 7) is 3.08. The van der Waals surface area contributed by atoms with Crippen molar-refractivity contribution in [2.75, 3.05) is 13.1 Å².